The zero-order valence-corrected chi connectivity index (χ0v) is 19.8. The van der Waals surface area contributed by atoms with Crippen molar-refractivity contribution in [2.75, 3.05) is 35.2 Å². The summed E-state index contributed by atoms with van der Waals surface area (Å²) in [6.45, 7) is 4.83. The Balaban J connectivity index is 2.18. The van der Waals surface area contributed by atoms with Crippen molar-refractivity contribution in [2.45, 2.75) is 12.8 Å². The molecule has 0 aliphatic rings. The third-order valence-corrected chi connectivity index (χ3v) is 6.01. The highest BCUT2D eigenvalue weighted by molar-refractivity contribution is 14.1. The lowest BCUT2D eigenvalue weighted by Crippen LogP contribution is -2.16. The first-order valence-corrected chi connectivity index (χ1v) is 10.4. The Labute approximate surface area is 190 Å². The Kier molecular flexibility index (Phi) is 7.76. The fourth-order valence-corrected chi connectivity index (χ4v) is 4.49. The molecular weight excluding hydrogens is 497 g/mol. The number of hydrogen-bond donors (Lipinski definition) is 0. The molecule has 0 spiro atoms. The summed E-state index contributed by atoms with van der Waals surface area (Å²) in [5.74, 6) is 1.56. The lowest BCUT2D eigenvalue weighted by atomic mass is 9.99. The van der Waals surface area contributed by atoms with Gasteiger partial charge in [0.05, 0.1) is 25.4 Å². The molecule has 0 N–H and O–H groups in total. The molecule has 3 rings (SSSR count). The minimum Gasteiger partial charge on any atom is -0.497 e. The highest BCUT2D eigenvalue weighted by Gasteiger charge is 2.28. The first-order chi connectivity index (χ1) is 14.6. The van der Waals surface area contributed by atoms with Crippen LogP contribution in [0.3, 0.4) is 0 Å². The van der Waals surface area contributed by atoms with Gasteiger partial charge < -0.3 is 28.3 Å². The van der Waals surface area contributed by atoms with Gasteiger partial charge in [0.1, 0.15) is 31.1 Å². The van der Waals surface area contributed by atoms with Crippen molar-refractivity contribution in [1.29, 1.82) is 0 Å². The van der Waals surface area contributed by atoms with Crippen molar-refractivity contribution in [3.8, 4) is 11.5 Å². The lowest BCUT2D eigenvalue weighted by molar-refractivity contribution is -0.0565. The molecule has 1 heterocycles. The predicted molar refractivity (Wildman–Crippen MR) is 126 cm³/mol. The smallest absolute Gasteiger partial charge is 0.147 e. The molecule has 0 unspecified atom stereocenters. The van der Waals surface area contributed by atoms with Crippen molar-refractivity contribution < 1.29 is 23.7 Å². The lowest BCUT2D eigenvalue weighted by Gasteiger charge is -2.23. The molecule has 30 heavy (non-hydrogen) atoms. The first-order valence-electron chi connectivity index (χ1n) is 9.34. The first kappa shape index (κ1) is 22.6. The number of ether oxygens (including phenoxy) is 5. The van der Waals surface area contributed by atoms with Gasteiger partial charge in [0.15, 0.2) is 0 Å². The summed E-state index contributed by atoms with van der Waals surface area (Å²) >= 11 is 2.35. The van der Waals surface area contributed by atoms with Gasteiger partial charge in [0, 0.05) is 23.2 Å². The number of halogens is 1. The Hall–Kier alpha value is -2.07. The average molecular weight is 523 g/mol. The van der Waals surface area contributed by atoms with Gasteiger partial charge in [-0.3, -0.25) is 0 Å². The van der Waals surface area contributed by atoms with Crippen LogP contribution in [0.25, 0.3) is 16.5 Å². The second-order valence-corrected chi connectivity index (χ2v) is 7.69. The maximum atomic E-state index is 6.15. The number of methoxy groups -OCH3 is 4. The number of para-hydroxylation sites is 1. The second kappa shape index (κ2) is 10.3. The number of aromatic nitrogens is 1. The van der Waals surface area contributed by atoms with Crippen LogP contribution in [0.4, 0.5) is 0 Å². The largest absolute Gasteiger partial charge is 0.497 e. The van der Waals surface area contributed by atoms with E-state index in [1.807, 2.05) is 36.4 Å². The van der Waals surface area contributed by atoms with Gasteiger partial charge in [-0.25, -0.2) is 0 Å². The third-order valence-electron chi connectivity index (χ3n) is 4.88. The van der Waals surface area contributed by atoms with Gasteiger partial charge in [0.2, 0.25) is 0 Å². The third kappa shape index (κ3) is 4.34. The predicted octanol–water partition coefficient (Wildman–Crippen LogP) is 5.24. The van der Waals surface area contributed by atoms with Crippen LogP contribution >= 0.6 is 22.6 Å². The topological polar surface area (TPSA) is 51.1 Å². The quantitative estimate of drug-likeness (QED) is 0.269. The summed E-state index contributed by atoms with van der Waals surface area (Å²) < 4.78 is 30.9. The average Bonchev–Trinajstić information content (AvgIpc) is 3.06. The van der Waals surface area contributed by atoms with E-state index in [0.717, 1.165) is 42.8 Å². The summed E-state index contributed by atoms with van der Waals surface area (Å²) in [5, 5.41) is 1.07. The fourth-order valence-electron chi connectivity index (χ4n) is 3.48. The molecular formula is C23H26INO5. The molecule has 0 aliphatic heterocycles. The number of hydrogen-bond acceptors (Lipinski definition) is 5. The van der Waals surface area contributed by atoms with Crippen LogP contribution in [0.15, 0.2) is 49.0 Å². The zero-order chi connectivity index (χ0) is 21.7. The Morgan fingerprint density at radius 1 is 1.00 bits per heavy atom. The van der Waals surface area contributed by atoms with Crippen LogP contribution in [-0.2, 0) is 20.9 Å². The molecule has 0 saturated heterocycles. The molecule has 0 fully saturated rings. The van der Waals surface area contributed by atoms with Crippen molar-refractivity contribution in [3.05, 3.63) is 63.9 Å². The minimum absolute atomic E-state index is 0.127. The summed E-state index contributed by atoms with van der Waals surface area (Å²) in [6, 6.07) is 13.8. The van der Waals surface area contributed by atoms with E-state index < -0.39 is 6.10 Å². The van der Waals surface area contributed by atoms with Gasteiger partial charge in [-0.1, -0.05) is 30.8 Å². The molecule has 0 saturated carbocycles. The van der Waals surface area contributed by atoms with Gasteiger partial charge in [-0.05, 0) is 51.9 Å². The van der Waals surface area contributed by atoms with E-state index in [4.69, 9.17) is 23.7 Å². The molecule has 160 valence electrons. The van der Waals surface area contributed by atoms with E-state index in [1.165, 1.54) is 0 Å². The Bertz CT molecular complexity index is 1010. The van der Waals surface area contributed by atoms with Crippen LogP contribution in [0.5, 0.6) is 11.5 Å². The maximum Gasteiger partial charge on any atom is 0.147 e. The highest BCUT2D eigenvalue weighted by Crippen LogP contribution is 2.42. The molecule has 7 heteroatoms. The monoisotopic (exact) mass is 523 g/mol. The van der Waals surface area contributed by atoms with Crippen molar-refractivity contribution >= 4 is 39.1 Å². The molecule has 2 aromatic carbocycles. The molecule has 1 aromatic heterocycles. The minimum atomic E-state index is -0.447. The van der Waals surface area contributed by atoms with Gasteiger partial charge in [-0.2, -0.15) is 0 Å². The van der Waals surface area contributed by atoms with Gasteiger partial charge in [0.25, 0.3) is 0 Å². The van der Waals surface area contributed by atoms with Crippen LogP contribution in [-0.4, -0.2) is 39.8 Å². The number of fused-ring (bicyclic) bond motifs is 1. The SMILES string of the molecule is C=C(c1ccc(OC)cc1)[C@@H](OCOC)c1c(I)c2cccc(OC)c2n1COC. The maximum absolute atomic E-state index is 6.15. The highest BCUT2D eigenvalue weighted by atomic mass is 127. The van der Waals surface area contributed by atoms with E-state index in [-0.39, 0.29) is 6.79 Å². The molecule has 1 atom stereocenters. The van der Waals surface area contributed by atoms with Crippen molar-refractivity contribution in [2.24, 2.45) is 0 Å². The van der Waals surface area contributed by atoms with E-state index in [2.05, 4.69) is 39.8 Å². The van der Waals surface area contributed by atoms with Crippen LogP contribution in [0.2, 0.25) is 0 Å². The summed E-state index contributed by atoms with van der Waals surface area (Å²) in [4.78, 5) is 0. The van der Waals surface area contributed by atoms with Crippen LogP contribution in [0.1, 0.15) is 17.4 Å². The zero-order valence-electron chi connectivity index (χ0n) is 17.6. The molecule has 0 amide bonds. The fraction of sp³-hybridized carbons (Fsp3) is 0.304. The van der Waals surface area contributed by atoms with Crippen molar-refractivity contribution in [1.82, 2.24) is 4.57 Å². The number of nitrogens with zero attached hydrogens (tertiary/aromatic N) is 1. The van der Waals surface area contributed by atoms with Gasteiger partial charge >= 0.3 is 0 Å². The van der Waals surface area contributed by atoms with E-state index >= 15 is 0 Å². The van der Waals surface area contributed by atoms with Gasteiger partial charge in [-0.15, -0.1) is 0 Å². The van der Waals surface area contributed by atoms with Crippen LogP contribution in [0, 0.1) is 3.57 Å². The van der Waals surface area contributed by atoms with E-state index in [9.17, 15) is 0 Å². The summed E-state index contributed by atoms with van der Waals surface area (Å²) in [5.41, 5.74) is 3.66. The standard InChI is InChI=1S/C23H26INO5/c1-15(16-9-11-17(28-4)12-10-16)23(30-14-27-3)22-20(24)18-7-6-8-19(29-5)21(18)25(22)13-26-2/h6-12,23H,1,13-14H2,2-5H3/t23-/m1/s1. The Morgan fingerprint density at radius 2 is 1.73 bits per heavy atom. The molecule has 6 nitrogen and oxygen atoms in total. The molecule has 0 radical (unpaired) electrons. The van der Waals surface area contributed by atoms with E-state index in [1.54, 1.807) is 28.4 Å². The second-order valence-electron chi connectivity index (χ2n) is 6.61. The summed E-state index contributed by atoms with van der Waals surface area (Å²) in [7, 11) is 6.58. The van der Waals surface area contributed by atoms with Crippen molar-refractivity contribution in [3.63, 3.8) is 0 Å². The molecule has 0 bridgehead atoms. The molecule has 0 aliphatic carbocycles. The van der Waals surface area contributed by atoms with Crippen LogP contribution < -0.4 is 9.47 Å². The number of rotatable bonds is 10. The Morgan fingerprint density at radius 3 is 2.33 bits per heavy atom. The normalized spacial score (nSPS) is 12.2. The number of benzene rings is 2. The summed E-state index contributed by atoms with van der Waals surface area (Å²) in [6.07, 6.45) is -0.447. The van der Waals surface area contributed by atoms with E-state index in [0.29, 0.717) is 6.73 Å². The molecule has 3 aromatic rings.